The van der Waals surface area contributed by atoms with E-state index in [0.717, 1.165) is 0 Å². The van der Waals surface area contributed by atoms with Gasteiger partial charge in [0.25, 0.3) is 0 Å². The van der Waals surface area contributed by atoms with Crippen LogP contribution in [-0.2, 0) is 0 Å². The van der Waals surface area contributed by atoms with Crippen molar-refractivity contribution in [3.63, 3.8) is 0 Å². The lowest BCUT2D eigenvalue weighted by Crippen LogP contribution is -2.10. The highest BCUT2D eigenvalue weighted by Gasteiger charge is 2.16. The molecule has 14 heavy (non-hydrogen) atoms. The molecular formula is C10H8Cl2O2. The van der Waals surface area contributed by atoms with Crippen molar-refractivity contribution in [2.24, 2.45) is 0 Å². The van der Waals surface area contributed by atoms with Crippen LogP contribution in [-0.4, -0.2) is 11.6 Å². The largest absolute Gasteiger partial charge is 0.289 e. The number of hydrogen-bond acceptors (Lipinski definition) is 2. The van der Waals surface area contributed by atoms with E-state index >= 15 is 0 Å². The highest BCUT2D eigenvalue weighted by molar-refractivity contribution is 6.21. The second-order valence-electron chi connectivity index (χ2n) is 2.61. The van der Waals surface area contributed by atoms with Crippen molar-refractivity contribution in [3.8, 4) is 0 Å². The van der Waals surface area contributed by atoms with Crippen molar-refractivity contribution >= 4 is 36.4 Å². The minimum atomic E-state index is -0.0924. The first kappa shape index (κ1) is 12.9. The molecular weight excluding hydrogens is 223 g/mol. The van der Waals surface area contributed by atoms with Crippen molar-refractivity contribution in [1.29, 1.82) is 0 Å². The number of allylic oxidation sites excluding steroid dienone is 2. The molecule has 0 unspecified atom stereocenters. The van der Waals surface area contributed by atoms with Crippen molar-refractivity contribution < 1.29 is 9.59 Å². The molecule has 0 saturated carbocycles. The van der Waals surface area contributed by atoms with E-state index in [1.54, 1.807) is 24.3 Å². The van der Waals surface area contributed by atoms with Gasteiger partial charge in [-0.3, -0.25) is 9.59 Å². The quantitative estimate of drug-likeness (QED) is 0.687. The lowest BCUT2D eigenvalue weighted by atomic mass is 9.95. The molecule has 0 radical (unpaired) electrons. The molecule has 0 bridgehead atoms. The summed E-state index contributed by atoms with van der Waals surface area (Å²) in [6, 6.07) is 6.84. The Labute approximate surface area is 93.8 Å². The Morgan fingerprint density at radius 2 is 1.07 bits per heavy atom. The van der Waals surface area contributed by atoms with Crippen LogP contribution in [0.15, 0.2) is 36.4 Å². The predicted molar refractivity (Wildman–Crippen MR) is 58.7 cm³/mol. The van der Waals surface area contributed by atoms with Gasteiger partial charge >= 0.3 is 0 Å². The number of fused-ring (bicyclic) bond motifs is 1. The lowest BCUT2D eigenvalue weighted by Gasteiger charge is -2.06. The van der Waals surface area contributed by atoms with Gasteiger partial charge in [0.15, 0.2) is 11.6 Å². The number of benzene rings is 1. The Bertz CT molecular complexity index is 360. The van der Waals surface area contributed by atoms with Crippen molar-refractivity contribution in [2.45, 2.75) is 0 Å². The molecule has 0 atom stereocenters. The zero-order chi connectivity index (χ0) is 8.55. The molecule has 0 spiro atoms. The van der Waals surface area contributed by atoms with E-state index in [0.29, 0.717) is 11.1 Å². The summed E-state index contributed by atoms with van der Waals surface area (Å²) < 4.78 is 0. The standard InChI is InChI=1S/C10H6O2.2ClH/c11-9-5-6-10(12)8-4-2-1-3-7(8)9;;/h1-6H;2*1H. The van der Waals surface area contributed by atoms with E-state index in [2.05, 4.69) is 0 Å². The number of halogens is 2. The van der Waals surface area contributed by atoms with Gasteiger partial charge in [0.1, 0.15) is 0 Å². The maximum absolute atomic E-state index is 11.2. The van der Waals surface area contributed by atoms with Crippen LogP contribution in [0, 0.1) is 0 Å². The van der Waals surface area contributed by atoms with Crippen LogP contribution in [0.3, 0.4) is 0 Å². The molecule has 1 aliphatic rings. The van der Waals surface area contributed by atoms with E-state index in [1.165, 1.54) is 12.2 Å². The predicted octanol–water partition coefficient (Wildman–Crippen LogP) is 2.47. The van der Waals surface area contributed by atoms with Gasteiger partial charge in [-0.25, -0.2) is 0 Å². The first-order chi connectivity index (χ1) is 5.79. The average molecular weight is 231 g/mol. The highest BCUT2D eigenvalue weighted by atomic mass is 35.5. The number of rotatable bonds is 0. The van der Waals surface area contributed by atoms with Crippen molar-refractivity contribution in [3.05, 3.63) is 47.5 Å². The van der Waals surface area contributed by atoms with Gasteiger partial charge in [-0.1, -0.05) is 24.3 Å². The summed E-state index contributed by atoms with van der Waals surface area (Å²) in [5, 5.41) is 0. The third-order valence-electron chi connectivity index (χ3n) is 1.84. The van der Waals surface area contributed by atoms with E-state index in [1.807, 2.05) is 0 Å². The lowest BCUT2D eigenvalue weighted by molar-refractivity contribution is 0.0994. The summed E-state index contributed by atoms with van der Waals surface area (Å²) in [4.78, 5) is 22.4. The molecule has 4 heteroatoms. The molecule has 2 nitrogen and oxygen atoms in total. The smallest absolute Gasteiger partial charge is 0.186 e. The monoisotopic (exact) mass is 230 g/mol. The van der Waals surface area contributed by atoms with Crippen LogP contribution in [0.4, 0.5) is 0 Å². The van der Waals surface area contributed by atoms with Gasteiger partial charge < -0.3 is 0 Å². The number of hydrogen-bond donors (Lipinski definition) is 0. The minimum absolute atomic E-state index is 0. The molecule has 0 aromatic heterocycles. The second kappa shape index (κ2) is 4.94. The molecule has 0 saturated heterocycles. The third-order valence-corrected chi connectivity index (χ3v) is 1.84. The van der Waals surface area contributed by atoms with Crippen LogP contribution >= 0.6 is 24.8 Å². The Balaban J connectivity index is 0.000000845. The zero-order valence-electron chi connectivity index (χ0n) is 7.10. The fourth-order valence-corrected chi connectivity index (χ4v) is 1.24. The van der Waals surface area contributed by atoms with Gasteiger partial charge in [0.05, 0.1) is 0 Å². The number of carbonyl (C=O) groups excluding carboxylic acids is 2. The summed E-state index contributed by atoms with van der Waals surface area (Å²) >= 11 is 0. The molecule has 74 valence electrons. The van der Waals surface area contributed by atoms with Gasteiger partial charge in [-0.15, -0.1) is 24.8 Å². The van der Waals surface area contributed by atoms with E-state index < -0.39 is 0 Å². The average Bonchev–Trinajstić information content (AvgIpc) is 2.12. The Hall–Kier alpha value is -1.12. The Morgan fingerprint density at radius 1 is 0.714 bits per heavy atom. The van der Waals surface area contributed by atoms with Crippen LogP contribution in [0.2, 0.25) is 0 Å². The van der Waals surface area contributed by atoms with Crippen LogP contribution in [0.1, 0.15) is 20.7 Å². The zero-order valence-corrected chi connectivity index (χ0v) is 8.73. The fraction of sp³-hybridized carbons (Fsp3) is 0. The van der Waals surface area contributed by atoms with Crippen LogP contribution in [0.5, 0.6) is 0 Å². The van der Waals surface area contributed by atoms with E-state index in [9.17, 15) is 9.59 Å². The van der Waals surface area contributed by atoms with E-state index in [-0.39, 0.29) is 36.4 Å². The molecule has 0 amide bonds. The first-order valence-electron chi connectivity index (χ1n) is 3.65. The van der Waals surface area contributed by atoms with Gasteiger partial charge in [-0.2, -0.15) is 0 Å². The molecule has 1 aromatic carbocycles. The van der Waals surface area contributed by atoms with Gasteiger partial charge in [-0.05, 0) is 12.2 Å². The Morgan fingerprint density at radius 3 is 1.43 bits per heavy atom. The number of ketones is 2. The molecule has 0 aliphatic heterocycles. The van der Waals surface area contributed by atoms with Gasteiger partial charge in [0.2, 0.25) is 0 Å². The third kappa shape index (κ3) is 2.03. The summed E-state index contributed by atoms with van der Waals surface area (Å²) in [7, 11) is 0. The molecule has 1 aliphatic carbocycles. The SMILES string of the molecule is Cl.Cl.O=C1C=CC(=O)c2ccccc21. The summed E-state index contributed by atoms with van der Waals surface area (Å²) in [6.07, 6.45) is 2.62. The second-order valence-corrected chi connectivity index (χ2v) is 2.61. The minimum Gasteiger partial charge on any atom is -0.289 e. The molecule has 2 rings (SSSR count). The molecule has 0 heterocycles. The number of carbonyl (C=O) groups is 2. The summed E-state index contributed by atoms with van der Waals surface area (Å²) in [5.41, 5.74) is 1.01. The fourth-order valence-electron chi connectivity index (χ4n) is 1.24. The molecule has 0 N–H and O–H groups in total. The first-order valence-corrected chi connectivity index (χ1v) is 3.65. The van der Waals surface area contributed by atoms with E-state index in [4.69, 9.17) is 0 Å². The van der Waals surface area contributed by atoms with Crippen molar-refractivity contribution in [1.82, 2.24) is 0 Å². The maximum Gasteiger partial charge on any atom is 0.186 e. The summed E-state index contributed by atoms with van der Waals surface area (Å²) in [6.45, 7) is 0. The molecule has 0 fully saturated rings. The maximum atomic E-state index is 11.2. The van der Waals surface area contributed by atoms with Crippen LogP contribution < -0.4 is 0 Å². The van der Waals surface area contributed by atoms with Crippen LogP contribution in [0.25, 0.3) is 0 Å². The summed E-state index contributed by atoms with van der Waals surface area (Å²) in [5.74, 6) is -0.185. The Kier molecular flexibility index (Phi) is 4.54. The highest BCUT2D eigenvalue weighted by Crippen LogP contribution is 2.15. The van der Waals surface area contributed by atoms with Crippen molar-refractivity contribution in [2.75, 3.05) is 0 Å². The van der Waals surface area contributed by atoms with Gasteiger partial charge in [0, 0.05) is 11.1 Å². The molecule has 1 aromatic rings. The topological polar surface area (TPSA) is 34.1 Å². The normalized spacial score (nSPS) is 12.6.